The van der Waals surface area contributed by atoms with Gasteiger partial charge in [-0.2, -0.15) is 5.26 Å². The molecule has 0 aliphatic rings. The molecule has 1 aromatic rings. The molecule has 92 valence electrons. The SMILES string of the molecule is Cc1oc(NC(=O)OC(C)(C)C)c(C#N)c1C. The van der Waals surface area contributed by atoms with Crippen molar-refractivity contribution in [3.05, 3.63) is 16.9 Å². The minimum Gasteiger partial charge on any atom is -0.444 e. The van der Waals surface area contributed by atoms with E-state index in [0.717, 1.165) is 5.56 Å². The van der Waals surface area contributed by atoms with Gasteiger partial charge in [-0.1, -0.05) is 0 Å². The van der Waals surface area contributed by atoms with Gasteiger partial charge in [0.05, 0.1) is 0 Å². The van der Waals surface area contributed by atoms with E-state index in [1.54, 1.807) is 34.6 Å². The minimum atomic E-state index is -0.636. The summed E-state index contributed by atoms with van der Waals surface area (Å²) in [5.41, 5.74) is 0.458. The maximum atomic E-state index is 11.5. The second-order valence-corrected chi connectivity index (χ2v) is 4.73. The van der Waals surface area contributed by atoms with Gasteiger partial charge in [0.25, 0.3) is 0 Å². The molecule has 0 aromatic carbocycles. The monoisotopic (exact) mass is 236 g/mol. The van der Waals surface area contributed by atoms with Gasteiger partial charge in [-0.05, 0) is 34.6 Å². The second kappa shape index (κ2) is 4.50. The van der Waals surface area contributed by atoms with Crippen molar-refractivity contribution in [2.24, 2.45) is 0 Å². The largest absolute Gasteiger partial charge is 0.444 e. The fraction of sp³-hybridized carbons (Fsp3) is 0.500. The Bertz CT molecular complexity index is 475. The van der Waals surface area contributed by atoms with Crippen LogP contribution in [0.25, 0.3) is 0 Å². The first-order valence-corrected chi connectivity index (χ1v) is 5.24. The number of aryl methyl sites for hydroxylation is 1. The summed E-state index contributed by atoms with van der Waals surface area (Å²) < 4.78 is 10.4. The Morgan fingerprint density at radius 3 is 2.47 bits per heavy atom. The summed E-state index contributed by atoms with van der Waals surface area (Å²) in [4.78, 5) is 11.5. The van der Waals surface area contributed by atoms with E-state index in [2.05, 4.69) is 5.32 Å². The Morgan fingerprint density at radius 2 is 2.00 bits per heavy atom. The number of furan rings is 1. The molecule has 5 heteroatoms. The highest BCUT2D eigenvalue weighted by molar-refractivity contribution is 5.85. The van der Waals surface area contributed by atoms with Crippen LogP contribution in [0.2, 0.25) is 0 Å². The predicted molar refractivity (Wildman–Crippen MR) is 62.8 cm³/mol. The average Bonchev–Trinajstić information content (AvgIpc) is 2.39. The molecule has 1 N–H and O–H groups in total. The Balaban J connectivity index is 2.87. The average molecular weight is 236 g/mol. The first-order chi connectivity index (χ1) is 7.74. The number of amides is 1. The number of nitrogens with zero attached hydrogens (tertiary/aromatic N) is 1. The van der Waals surface area contributed by atoms with Gasteiger partial charge in [-0.25, -0.2) is 4.79 Å². The Kier molecular flexibility index (Phi) is 3.47. The fourth-order valence-electron chi connectivity index (χ4n) is 1.25. The van der Waals surface area contributed by atoms with Crippen molar-refractivity contribution in [1.29, 1.82) is 5.26 Å². The number of hydrogen-bond acceptors (Lipinski definition) is 4. The van der Waals surface area contributed by atoms with Crippen molar-refractivity contribution in [2.45, 2.75) is 40.2 Å². The topological polar surface area (TPSA) is 75.3 Å². The van der Waals surface area contributed by atoms with Gasteiger partial charge >= 0.3 is 6.09 Å². The molecule has 0 unspecified atom stereocenters. The number of hydrogen-bond donors (Lipinski definition) is 1. The third kappa shape index (κ3) is 3.25. The molecule has 1 amide bonds. The number of carbonyl (C=O) groups excluding carboxylic acids is 1. The normalized spacial score (nSPS) is 10.8. The van der Waals surface area contributed by atoms with Crippen LogP contribution in [-0.2, 0) is 4.74 Å². The molecule has 5 nitrogen and oxygen atoms in total. The van der Waals surface area contributed by atoms with Crippen molar-refractivity contribution in [2.75, 3.05) is 5.32 Å². The van der Waals surface area contributed by atoms with Gasteiger partial charge in [0.1, 0.15) is 23.0 Å². The van der Waals surface area contributed by atoms with E-state index in [-0.39, 0.29) is 5.88 Å². The van der Waals surface area contributed by atoms with Crippen LogP contribution in [0.3, 0.4) is 0 Å². The van der Waals surface area contributed by atoms with Gasteiger partial charge in [0.2, 0.25) is 5.88 Å². The van der Waals surface area contributed by atoms with Crippen molar-refractivity contribution >= 4 is 12.0 Å². The lowest BCUT2D eigenvalue weighted by atomic mass is 10.2. The zero-order valence-corrected chi connectivity index (χ0v) is 10.7. The van der Waals surface area contributed by atoms with Crippen LogP contribution < -0.4 is 5.32 Å². The highest BCUT2D eigenvalue weighted by Gasteiger charge is 2.20. The minimum absolute atomic E-state index is 0.136. The van der Waals surface area contributed by atoms with E-state index in [1.807, 2.05) is 6.07 Å². The fourth-order valence-corrected chi connectivity index (χ4v) is 1.25. The summed E-state index contributed by atoms with van der Waals surface area (Å²) in [5, 5.41) is 11.4. The van der Waals surface area contributed by atoms with Crippen LogP contribution in [0.15, 0.2) is 4.42 Å². The number of nitrogens with one attached hydrogen (secondary N) is 1. The number of ether oxygens (including phenoxy) is 1. The maximum absolute atomic E-state index is 11.5. The molecule has 0 radical (unpaired) electrons. The molecule has 17 heavy (non-hydrogen) atoms. The quantitative estimate of drug-likeness (QED) is 0.812. The third-order valence-corrected chi connectivity index (χ3v) is 2.11. The molecule has 0 atom stereocenters. The van der Waals surface area contributed by atoms with E-state index < -0.39 is 11.7 Å². The number of rotatable bonds is 1. The van der Waals surface area contributed by atoms with Gasteiger partial charge in [-0.15, -0.1) is 0 Å². The lowest BCUT2D eigenvalue weighted by Crippen LogP contribution is -2.27. The van der Waals surface area contributed by atoms with Crippen LogP contribution in [0.4, 0.5) is 10.7 Å². The van der Waals surface area contributed by atoms with Crippen molar-refractivity contribution < 1.29 is 13.9 Å². The standard InChI is InChI=1S/C12H16N2O3/c1-7-8(2)16-10(9(7)6-13)14-11(15)17-12(3,4)5/h1-5H3,(H,14,15). The maximum Gasteiger partial charge on any atom is 0.414 e. The summed E-state index contributed by atoms with van der Waals surface area (Å²) in [6.45, 7) is 8.78. The third-order valence-electron chi connectivity index (χ3n) is 2.11. The molecular formula is C12H16N2O3. The molecule has 1 aromatic heterocycles. The van der Waals surface area contributed by atoms with E-state index in [0.29, 0.717) is 11.3 Å². The van der Waals surface area contributed by atoms with E-state index in [1.165, 1.54) is 0 Å². The molecule has 0 fully saturated rings. The Labute approximate surface area is 100 Å². The molecule has 0 bridgehead atoms. The molecule has 1 rings (SSSR count). The highest BCUT2D eigenvalue weighted by atomic mass is 16.6. The number of nitriles is 1. The molecule has 0 aliphatic carbocycles. The van der Waals surface area contributed by atoms with Crippen LogP contribution in [0, 0.1) is 25.2 Å². The van der Waals surface area contributed by atoms with Crippen LogP contribution >= 0.6 is 0 Å². The van der Waals surface area contributed by atoms with Crippen LogP contribution in [-0.4, -0.2) is 11.7 Å². The summed E-state index contributed by atoms with van der Waals surface area (Å²) in [6.07, 6.45) is -0.636. The Hall–Kier alpha value is -1.96. The van der Waals surface area contributed by atoms with Crippen molar-refractivity contribution in [1.82, 2.24) is 0 Å². The van der Waals surface area contributed by atoms with E-state index in [4.69, 9.17) is 14.4 Å². The summed E-state index contributed by atoms with van der Waals surface area (Å²) in [6, 6.07) is 1.99. The van der Waals surface area contributed by atoms with Gasteiger partial charge in [-0.3, -0.25) is 5.32 Å². The highest BCUT2D eigenvalue weighted by Crippen LogP contribution is 2.25. The van der Waals surface area contributed by atoms with Crippen LogP contribution in [0.1, 0.15) is 37.7 Å². The predicted octanol–water partition coefficient (Wildman–Crippen LogP) is 3.12. The first-order valence-electron chi connectivity index (χ1n) is 5.24. The lowest BCUT2D eigenvalue weighted by molar-refractivity contribution is 0.0632. The van der Waals surface area contributed by atoms with E-state index >= 15 is 0 Å². The van der Waals surface area contributed by atoms with Gasteiger partial charge < -0.3 is 9.15 Å². The zero-order valence-electron chi connectivity index (χ0n) is 10.7. The Morgan fingerprint density at radius 1 is 1.41 bits per heavy atom. The lowest BCUT2D eigenvalue weighted by Gasteiger charge is -2.19. The molecule has 0 saturated carbocycles. The smallest absolute Gasteiger partial charge is 0.414 e. The second-order valence-electron chi connectivity index (χ2n) is 4.73. The van der Waals surface area contributed by atoms with Crippen molar-refractivity contribution in [3.8, 4) is 6.07 Å². The molecular weight excluding hydrogens is 220 g/mol. The van der Waals surface area contributed by atoms with Gasteiger partial charge in [0, 0.05) is 5.56 Å². The summed E-state index contributed by atoms with van der Waals surface area (Å²) in [7, 11) is 0. The van der Waals surface area contributed by atoms with Crippen LogP contribution in [0.5, 0.6) is 0 Å². The molecule has 1 heterocycles. The van der Waals surface area contributed by atoms with Gasteiger partial charge in [0.15, 0.2) is 0 Å². The van der Waals surface area contributed by atoms with Crippen molar-refractivity contribution in [3.63, 3.8) is 0 Å². The van der Waals surface area contributed by atoms with E-state index in [9.17, 15) is 4.79 Å². The molecule has 0 saturated heterocycles. The number of carbonyl (C=O) groups is 1. The summed E-state index contributed by atoms with van der Waals surface area (Å²) in [5.74, 6) is 0.740. The first kappa shape index (κ1) is 13.1. The molecule has 0 aliphatic heterocycles. The number of anilines is 1. The molecule has 0 spiro atoms. The zero-order chi connectivity index (χ0) is 13.2. The summed E-state index contributed by atoms with van der Waals surface area (Å²) >= 11 is 0.